The highest BCUT2D eigenvalue weighted by Gasteiger charge is 2.45. The lowest BCUT2D eigenvalue weighted by molar-refractivity contribution is -0.136. The van der Waals surface area contributed by atoms with Crippen LogP contribution in [0, 0.1) is 11.8 Å². The van der Waals surface area contributed by atoms with Gasteiger partial charge in [-0.3, -0.25) is 29.4 Å². The topological polar surface area (TPSA) is 142 Å². The Hall–Kier alpha value is -3.71. The van der Waals surface area contributed by atoms with Crippen molar-refractivity contribution in [3.05, 3.63) is 34.9 Å². The van der Waals surface area contributed by atoms with Crippen LogP contribution in [0.15, 0.2) is 18.2 Å². The zero-order valence-corrected chi connectivity index (χ0v) is 15.2. The van der Waals surface area contributed by atoms with E-state index < -0.39 is 35.8 Å². The number of ether oxygens (including phenoxy) is 1. The number of piperidine rings is 1. The molecule has 0 aromatic heterocycles. The number of nitrogens with one attached hydrogen (secondary N) is 2. The highest BCUT2D eigenvalue weighted by molar-refractivity contribution is 6.24. The monoisotopic (exact) mass is 399 g/mol. The average Bonchev–Trinajstić information content (AvgIpc) is 2.92. The third-order valence-corrected chi connectivity index (χ3v) is 4.39. The number of benzene rings is 1. The summed E-state index contributed by atoms with van der Waals surface area (Å²) in [5.41, 5.74) is 0.586. The van der Waals surface area contributed by atoms with E-state index in [0.717, 1.165) is 4.90 Å². The molecule has 1 unspecified atom stereocenters. The molecule has 1 atom stereocenters. The Morgan fingerprint density at radius 2 is 2.07 bits per heavy atom. The van der Waals surface area contributed by atoms with Crippen LogP contribution in [0.4, 0.5) is 4.79 Å². The van der Waals surface area contributed by atoms with E-state index >= 15 is 0 Å². The lowest BCUT2D eigenvalue weighted by atomic mass is 10.0. The Morgan fingerprint density at radius 1 is 1.28 bits per heavy atom. The van der Waals surface area contributed by atoms with Crippen molar-refractivity contribution < 1.29 is 33.8 Å². The molecule has 3 N–H and O–H groups in total. The number of carbonyl (C=O) groups excluding carboxylic acids is 4. The molecule has 2 aliphatic rings. The Balaban J connectivity index is 1.72. The second kappa shape index (κ2) is 8.53. The predicted molar refractivity (Wildman–Crippen MR) is 96.8 cm³/mol. The largest absolute Gasteiger partial charge is 0.465 e. The molecule has 0 saturated carbocycles. The van der Waals surface area contributed by atoms with Crippen LogP contribution in [0.25, 0.3) is 0 Å². The maximum Gasteiger partial charge on any atom is 0.404 e. The van der Waals surface area contributed by atoms with Crippen molar-refractivity contribution in [1.29, 1.82) is 0 Å². The van der Waals surface area contributed by atoms with Gasteiger partial charge in [0.05, 0.1) is 17.7 Å². The molecule has 0 radical (unpaired) electrons. The van der Waals surface area contributed by atoms with E-state index in [1.165, 1.54) is 6.07 Å². The van der Waals surface area contributed by atoms with Gasteiger partial charge in [-0.05, 0) is 18.6 Å². The number of carbonyl (C=O) groups is 5. The molecule has 2 heterocycles. The highest BCUT2D eigenvalue weighted by Crippen LogP contribution is 2.29. The molecule has 1 saturated heterocycles. The van der Waals surface area contributed by atoms with Gasteiger partial charge < -0.3 is 15.2 Å². The fourth-order valence-electron chi connectivity index (χ4n) is 3.10. The minimum atomic E-state index is -1.15. The van der Waals surface area contributed by atoms with Crippen LogP contribution in [-0.2, 0) is 14.3 Å². The van der Waals surface area contributed by atoms with Crippen LogP contribution in [0.1, 0.15) is 39.1 Å². The van der Waals surface area contributed by atoms with E-state index in [9.17, 15) is 24.0 Å². The normalized spacial score (nSPS) is 18.1. The molecule has 29 heavy (non-hydrogen) atoms. The molecule has 1 aromatic carbocycles. The summed E-state index contributed by atoms with van der Waals surface area (Å²) in [4.78, 5) is 60.2. The number of fused-ring (bicyclic) bond motifs is 1. The van der Waals surface area contributed by atoms with Crippen LogP contribution in [0.3, 0.4) is 0 Å². The van der Waals surface area contributed by atoms with E-state index in [1.807, 2.05) is 0 Å². The fraction of sp³-hybridized carbons (Fsp3) is 0.316. The maximum atomic E-state index is 12.9. The summed E-state index contributed by atoms with van der Waals surface area (Å²) in [6, 6.07) is 3.61. The Kier molecular flexibility index (Phi) is 5.90. The van der Waals surface area contributed by atoms with Crippen LogP contribution < -0.4 is 10.6 Å². The van der Waals surface area contributed by atoms with Crippen LogP contribution in [0.5, 0.6) is 0 Å². The third-order valence-electron chi connectivity index (χ3n) is 4.39. The minimum Gasteiger partial charge on any atom is -0.465 e. The zero-order chi connectivity index (χ0) is 21.0. The number of rotatable bonds is 5. The van der Waals surface area contributed by atoms with Crippen LogP contribution >= 0.6 is 0 Å². The molecule has 3 rings (SSSR count). The molecule has 10 nitrogen and oxygen atoms in total. The molecular formula is C19H17N3O7. The summed E-state index contributed by atoms with van der Waals surface area (Å²) in [7, 11) is 0. The predicted octanol–water partition coefficient (Wildman–Crippen LogP) is -0.277. The van der Waals surface area contributed by atoms with E-state index in [1.54, 1.807) is 12.1 Å². The quantitative estimate of drug-likeness (QED) is 0.351. The lowest BCUT2D eigenvalue weighted by Gasteiger charge is -2.27. The average molecular weight is 399 g/mol. The van der Waals surface area contributed by atoms with E-state index in [2.05, 4.69) is 22.5 Å². The third kappa shape index (κ3) is 4.25. The molecule has 0 spiro atoms. The highest BCUT2D eigenvalue weighted by atomic mass is 16.5. The van der Waals surface area contributed by atoms with Crippen molar-refractivity contribution in [1.82, 2.24) is 15.5 Å². The van der Waals surface area contributed by atoms with E-state index in [-0.39, 0.29) is 43.7 Å². The summed E-state index contributed by atoms with van der Waals surface area (Å²) in [6.45, 7) is 0.254. The first-order valence-electron chi connectivity index (χ1n) is 8.78. The second-order valence-corrected chi connectivity index (χ2v) is 6.26. The summed E-state index contributed by atoms with van der Waals surface area (Å²) >= 11 is 0. The van der Waals surface area contributed by atoms with Gasteiger partial charge in [-0.1, -0.05) is 17.9 Å². The van der Waals surface area contributed by atoms with Crippen molar-refractivity contribution >= 4 is 29.7 Å². The maximum absolute atomic E-state index is 12.9. The Morgan fingerprint density at radius 3 is 2.79 bits per heavy atom. The molecule has 0 bridgehead atoms. The van der Waals surface area contributed by atoms with Gasteiger partial charge >= 0.3 is 6.09 Å². The summed E-state index contributed by atoms with van der Waals surface area (Å²) < 4.78 is 5.17. The first kappa shape index (κ1) is 20.0. The van der Waals surface area contributed by atoms with Crippen molar-refractivity contribution in [2.45, 2.75) is 18.9 Å². The van der Waals surface area contributed by atoms with E-state index in [4.69, 9.17) is 9.84 Å². The molecular weight excluding hydrogens is 382 g/mol. The number of hydrogen-bond donors (Lipinski definition) is 3. The SMILES string of the molecule is O=C(O)NCCOCC#Cc1cccc2c1C(=O)N(C1CCC(=O)NC1=O)C2=O. The zero-order valence-electron chi connectivity index (χ0n) is 15.2. The molecule has 5 amide bonds. The lowest BCUT2D eigenvalue weighted by Crippen LogP contribution is -2.54. The molecule has 10 heteroatoms. The fourth-order valence-corrected chi connectivity index (χ4v) is 3.10. The van der Waals surface area contributed by atoms with E-state index in [0.29, 0.717) is 5.56 Å². The van der Waals surface area contributed by atoms with Gasteiger partial charge in [0.15, 0.2) is 0 Å². The molecule has 2 aliphatic heterocycles. The first-order chi connectivity index (χ1) is 13.9. The number of nitrogens with zero attached hydrogens (tertiary/aromatic N) is 1. The van der Waals surface area contributed by atoms with Crippen molar-refractivity contribution in [2.24, 2.45) is 0 Å². The molecule has 0 aliphatic carbocycles. The first-order valence-corrected chi connectivity index (χ1v) is 8.78. The van der Waals surface area contributed by atoms with Gasteiger partial charge in [-0.15, -0.1) is 0 Å². The Labute approximate surface area is 165 Å². The van der Waals surface area contributed by atoms with Gasteiger partial charge in [0, 0.05) is 18.5 Å². The number of amides is 5. The van der Waals surface area contributed by atoms with Gasteiger partial charge in [0.1, 0.15) is 12.6 Å². The Bertz CT molecular complexity index is 960. The molecule has 1 aromatic rings. The van der Waals surface area contributed by atoms with Crippen molar-refractivity contribution in [3.63, 3.8) is 0 Å². The van der Waals surface area contributed by atoms with Crippen molar-refractivity contribution in [3.8, 4) is 11.8 Å². The summed E-state index contributed by atoms with van der Waals surface area (Å²) in [5.74, 6) is 3.14. The van der Waals surface area contributed by atoms with Crippen molar-refractivity contribution in [2.75, 3.05) is 19.8 Å². The number of hydrogen-bond acceptors (Lipinski definition) is 6. The van der Waals surface area contributed by atoms with Crippen LogP contribution in [0.2, 0.25) is 0 Å². The molecule has 1 fully saturated rings. The van der Waals surface area contributed by atoms with Gasteiger partial charge in [0.2, 0.25) is 11.8 Å². The summed E-state index contributed by atoms with van der Waals surface area (Å²) in [6.07, 6.45) is -1.02. The summed E-state index contributed by atoms with van der Waals surface area (Å²) in [5, 5.41) is 12.7. The van der Waals surface area contributed by atoms with Gasteiger partial charge in [-0.2, -0.15) is 0 Å². The molecule has 150 valence electrons. The number of imide groups is 2. The minimum absolute atomic E-state index is 0.00393. The standard InChI is InChI=1S/C19H17N3O7/c23-14-7-6-13(16(24)21-14)22-17(25)12-5-1-3-11(15(12)18(22)26)4-2-9-29-10-8-20-19(27)28/h1,3,5,13,20H,6-10H2,(H,27,28)(H,21,23,24). The smallest absolute Gasteiger partial charge is 0.404 e. The van der Waals surface area contributed by atoms with Gasteiger partial charge in [-0.25, -0.2) is 4.79 Å². The van der Waals surface area contributed by atoms with Crippen LogP contribution in [-0.4, -0.2) is 65.5 Å². The number of carboxylic acid groups (broad SMARTS) is 1. The second-order valence-electron chi connectivity index (χ2n) is 6.26. The van der Waals surface area contributed by atoms with Gasteiger partial charge in [0.25, 0.3) is 11.8 Å².